The van der Waals surface area contributed by atoms with E-state index < -0.39 is 17.2 Å². The van der Waals surface area contributed by atoms with Crippen LogP contribution in [0.1, 0.15) is 11.4 Å². The summed E-state index contributed by atoms with van der Waals surface area (Å²) >= 11 is 4.16. The summed E-state index contributed by atoms with van der Waals surface area (Å²) in [7, 11) is 1.49. The number of rotatable bonds is 6. The van der Waals surface area contributed by atoms with Gasteiger partial charge in [0, 0.05) is 5.56 Å². The van der Waals surface area contributed by atoms with Gasteiger partial charge in [-0.3, -0.25) is 4.79 Å². The molecule has 11 heteroatoms. The third kappa shape index (κ3) is 4.18. The Morgan fingerprint density at radius 3 is 2.86 bits per heavy atom. The van der Waals surface area contributed by atoms with E-state index in [1.165, 1.54) is 7.11 Å². The molecule has 28 heavy (non-hydrogen) atoms. The number of allylic oxidation sites excluding steroid dienone is 1. The molecule has 10 nitrogen and oxygen atoms in total. The molecule has 3 rings (SSSR count). The molecule has 1 unspecified atom stereocenters. The number of amides is 1. The first-order valence-corrected chi connectivity index (χ1v) is 8.45. The Morgan fingerprint density at radius 1 is 1.36 bits per heavy atom. The van der Waals surface area contributed by atoms with Crippen LogP contribution < -0.4 is 25.9 Å². The summed E-state index contributed by atoms with van der Waals surface area (Å²) in [6, 6.07) is 7.07. The minimum atomic E-state index is -0.752. The molecule has 0 saturated heterocycles. The maximum absolute atomic E-state index is 11.9. The van der Waals surface area contributed by atoms with Crippen LogP contribution >= 0.6 is 12.6 Å². The van der Waals surface area contributed by atoms with Gasteiger partial charge in [0.05, 0.1) is 12.8 Å². The average Bonchev–Trinajstić information content (AvgIpc) is 3.09. The van der Waals surface area contributed by atoms with Crippen LogP contribution in [0.5, 0.6) is 11.5 Å². The molecule has 1 aliphatic rings. The van der Waals surface area contributed by atoms with Gasteiger partial charge in [0.15, 0.2) is 17.3 Å². The van der Waals surface area contributed by atoms with Crippen molar-refractivity contribution in [2.75, 3.05) is 7.11 Å². The van der Waals surface area contributed by atoms with E-state index in [1.807, 2.05) is 6.07 Å². The second-order valence-corrected chi connectivity index (χ2v) is 5.97. The van der Waals surface area contributed by atoms with E-state index >= 15 is 0 Å². The van der Waals surface area contributed by atoms with E-state index in [9.17, 15) is 14.9 Å². The van der Waals surface area contributed by atoms with Crippen molar-refractivity contribution < 1.29 is 18.8 Å². The predicted octanol–water partition coefficient (Wildman–Crippen LogP) is 0.674. The number of methoxy groups -OCH3 is 1. The van der Waals surface area contributed by atoms with E-state index in [2.05, 4.69) is 37.9 Å². The monoisotopic (exact) mass is 401 g/mol. The van der Waals surface area contributed by atoms with Gasteiger partial charge < -0.3 is 24.6 Å². The lowest BCUT2D eigenvalue weighted by Gasteiger charge is -2.22. The highest BCUT2D eigenvalue weighted by Crippen LogP contribution is 2.32. The van der Waals surface area contributed by atoms with E-state index in [-0.39, 0.29) is 18.0 Å². The number of nitrogens with one attached hydrogen (secondary N) is 3. The van der Waals surface area contributed by atoms with Crippen LogP contribution in [0.2, 0.25) is 0 Å². The first-order valence-electron chi connectivity index (χ1n) is 7.94. The predicted molar refractivity (Wildman–Crippen MR) is 100 cm³/mol. The highest BCUT2D eigenvalue weighted by atomic mass is 32.1. The number of carbonyl (C=O) groups is 1. The molecular formula is C17H15N5O5S. The summed E-state index contributed by atoms with van der Waals surface area (Å²) in [4.78, 5) is 26.5. The summed E-state index contributed by atoms with van der Waals surface area (Å²) in [6.07, 6.45) is 3.22. The maximum atomic E-state index is 11.9. The van der Waals surface area contributed by atoms with Crippen molar-refractivity contribution in [3.05, 3.63) is 57.5 Å². The van der Waals surface area contributed by atoms with Crippen LogP contribution in [-0.2, 0) is 11.4 Å². The molecule has 2 heterocycles. The third-order valence-electron chi connectivity index (χ3n) is 3.66. The van der Waals surface area contributed by atoms with Crippen molar-refractivity contribution >= 4 is 24.6 Å². The van der Waals surface area contributed by atoms with Gasteiger partial charge in [-0.25, -0.2) is 4.79 Å². The van der Waals surface area contributed by atoms with Gasteiger partial charge in [0.2, 0.25) is 0 Å². The molecular weight excluding hydrogens is 386 g/mol. The van der Waals surface area contributed by atoms with Crippen molar-refractivity contribution in [1.82, 2.24) is 20.8 Å². The van der Waals surface area contributed by atoms with Crippen LogP contribution in [0.4, 0.5) is 0 Å². The number of hydrogen-bond donors (Lipinski definition) is 4. The van der Waals surface area contributed by atoms with Crippen LogP contribution in [0, 0.1) is 11.3 Å². The first-order chi connectivity index (χ1) is 13.5. The fourth-order valence-corrected chi connectivity index (χ4v) is 2.69. The van der Waals surface area contributed by atoms with Crippen molar-refractivity contribution in [2.45, 2.75) is 12.1 Å². The van der Waals surface area contributed by atoms with Crippen LogP contribution in [0.15, 0.2) is 44.9 Å². The molecule has 0 bridgehead atoms. The van der Waals surface area contributed by atoms with E-state index in [1.54, 1.807) is 30.4 Å². The quantitative estimate of drug-likeness (QED) is 0.518. The van der Waals surface area contributed by atoms with E-state index in [4.69, 9.17) is 9.47 Å². The Labute approximate surface area is 164 Å². The number of thiol groups is 1. The topological polar surface area (TPSA) is 142 Å². The maximum Gasteiger partial charge on any atom is 0.459 e. The molecule has 2 aromatic rings. The van der Waals surface area contributed by atoms with Crippen molar-refractivity contribution in [3.8, 4) is 17.6 Å². The largest absolute Gasteiger partial charge is 0.493 e. The molecule has 1 aliphatic heterocycles. The number of aromatic nitrogens is 2. The molecule has 3 N–H and O–H groups in total. The van der Waals surface area contributed by atoms with Crippen molar-refractivity contribution in [1.29, 1.82) is 5.26 Å². The molecule has 0 spiro atoms. The summed E-state index contributed by atoms with van der Waals surface area (Å²) in [5.41, 5.74) is 0.251. The molecule has 0 aliphatic carbocycles. The second kappa shape index (κ2) is 8.36. The summed E-state index contributed by atoms with van der Waals surface area (Å²) < 4.78 is 15.5. The fourth-order valence-electron chi connectivity index (χ4n) is 2.43. The van der Waals surface area contributed by atoms with Gasteiger partial charge in [-0.2, -0.15) is 15.4 Å². The molecule has 1 atom stereocenters. The van der Waals surface area contributed by atoms with Crippen molar-refractivity contribution in [2.24, 2.45) is 0 Å². The van der Waals surface area contributed by atoms with Crippen LogP contribution in [0.3, 0.4) is 0 Å². The second-order valence-electron chi connectivity index (χ2n) is 5.45. The van der Waals surface area contributed by atoms with Crippen LogP contribution in [0.25, 0.3) is 6.08 Å². The highest BCUT2D eigenvalue weighted by Gasteiger charge is 2.23. The Kier molecular flexibility index (Phi) is 5.71. The summed E-state index contributed by atoms with van der Waals surface area (Å²) in [5, 5.41) is 16.9. The normalized spacial score (nSPS) is 16.5. The van der Waals surface area contributed by atoms with Crippen molar-refractivity contribution in [3.63, 3.8) is 0 Å². The van der Waals surface area contributed by atoms with Gasteiger partial charge in [-0.05, 0) is 18.2 Å². The fraction of sp³-hybridized carbons (Fsp3) is 0.176. The number of para-hydroxylation sites is 1. The molecule has 1 amide bonds. The third-order valence-corrected chi connectivity index (χ3v) is 3.92. The molecule has 1 aromatic heterocycles. The number of ether oxygens (including phenoxy) is 2. The minimum Gasteiger partial charge on any atom is -0.493 e. The number of nitrogens with zero attached hydrogens (tertiary/aromatic N) is 2. The van der Waals surface area contributed by atoms with Gasteiger partial charge in [0.25, 0.3) is 5.91 Å². The Hall–Kier alpha value is -3.65. The van der Waals surface area contributed by atoms with E-state index in [0.717, 1.165) is 0 Å². The zero-order valence-corrected chi connectivity index (χ0v) is 15.4. The lowest BCUT2D eigenvalue weighted by atomic mass is 10.1. The Balaban J connectivity index is 1.91. The number of aromatic amines is 1. The standard InChI is InChI=1S/C17H15N5O5S/c1-25-12-4-2-3-9(14(12)26-8-13-20-17(24)27-22-13)5-6-11-10(7-18)15(23)21-16(28)19-11/h2-6,16,19,28H,8H2,1H3,(H,21,23)(H,20,22,24)/b6-5+. The SMILES string of the molecule is COc1cccc(/C=C/C2=C(C#N)C(=O)NC(S)N2)c1OCc1nc(=O)o[nH]1. The Bertz CT molecular complexity index is 1050. The summed E-state index contributed by atoms with van der Waals surface area (Å²) in [6.45, 7) is -0.0571. The number of carbonyl (C=O) groups excluding carboxylic acids is 1. The highest BCUT2D eigenvalue weighted by molar-refractivity contribution is 7.80. The number of benzene rings is 1. The van der Waals surface area contributed by atoms with Gasteiger partial charge in [0.1, 0.15) is 23.7 Å². The van der Waals surface area contributed by atoms with Gasteiger partial charge in [-0.1, -0.05) is 12.1 Å². The molecule has 144 valence electrons. The number of hydrogen-bond acceptors (Lipinski definition) is 9. The molecule has 1 aromatic carbocycles. The summed E-state index contributed by atoms with van der Waals surface area (Å²) in [5.74, 6) is -0.227. The lowest BCUT2D eigenvalue weighted by Crippen LogP contribution is -2.46. The Morgan fingerprint density at radius 2 is 2.18 bits per heavy atom. The van der Waals surface area contributed by atoms with Gasteiger partial charge >= 0.3 is 5.76 Å². The number of nitriles is 1. The van der Waals surface area contributed by atoms with Gasteiger partial charge in [-0.15, -0.1) is 12.6 Å². The van der Waals surface area contributed by atoms with Crippen LogP contribution in [-0.4, -0.2) is 28.7 Å². The smallest absolute Gasteiger partial charge is 0.459 e. The zero-order chi connectivity index (χ0) is 20.1. The average molecular weight is 401 g/mol. The minimum absolute atomic E-state index is 0.0571. The molecule has 0 fully saturated rings. The van der Waals surface area contributed by atoms with E-state index in [0.29, 0.717) is 22.8 Å². The number of H-pyrrole nitrogens is 1. The molecule has 0 saturated carbocycles. The zero-order valence-electron chi connectivity index (χ0n) is 14.6. The lowest BCUT2D eigenvalue weighted by molar-refractivity contribution is -0.117. The molecule has 0 radical (unpaired) electrons. The first kappa shape index (κ1) is 19.1.